The van der Waals surface area contributed by atoms with Gasteiger partial charge in [-0.3, -0.25) is 15.0 Å². The summed E-state index contributed by atoms with van der Waals surface area (Å²) in [5.74, 6) is 0.490. The number of hydrazine groups is 1. The van der Waals surface area contributed by atoms with Crippen LogP contribution in [-0.2, 0) is 16.0 Å². The highest BCUT2D eigenvalue weighted by Gasteiger charge is 2.52. The van der Waals surface area contributed by atoms with Crippen LogP contribution in [0, 0.1) is 19.8 Å². The van der Waals surface area contributed by atoms with Gasteiger partial charge in [0.15, 0.2) is 0 Å². The quantitative estimate of drug-likeness (QED) is 0.807. The molecule has 0 bridgehead atoms. The van der Waals surface area contributed by atoms with Crippen molar-refractivity contribution in [3.8, 4) is 0 Å². The van der Waals surface area contributed by atoms with Gasteiger partial charge >= 0.3 is 6.03 Å². The second-order valence-corrected chi connectivity index (χ2v) is 7.17. The molecule has 1 spiro atoms. The lowest BCUT2D eigenvalue weighted by molar-refractivity contribution is -0.140. The molecule has 136 valence electrons. The standard InChI is InChI=1S/C17H24N4O4/c1-10-6-8-17(9-7-10)15(23)21(16(24)18-17)19-14(22)5-4-13-11(2)20-25-12(13)3/h10H,4-9H2,1-3H3,(H,18,24)(H,19,22). The van der Waals surface area contributed by atoms with E-state index in [-0.39, 0.29) is 18.2 Å². The third-order valence-electron chi connectivity index (χ3n) is 5.31. The van der Waals surface area contributed by atoms with E-state index in [1.807, 2.05) is 6.92 Å². The van der Waals surface area contributed by atoms with E-state index in [9.17, 15) is 14.4 Å². The number of nitrogens with one attached hydrogen (secondary N) is 2. The average molecular weight is 348 g/mol. The lowest BCUT2D eigenvalue weighted by Gasteiger charge is -2.33. The van der Waals surface area contributed by atoms with Crippen molar-refractivity contribution in [3.05, 3.63) is 17.0 Å². The summed E-state index contributed by atoms with van der Waals surface area (Å²) in [6, 6.07) is -0.551. The predicted molar refractivity (Wildman–Crippen MR) is 88.2 cm³/mol. The maximum absolute atomic E-state index is 12.7. The number of aromatic nitrogens is 1. The molecule has 1 aromatic rings. The van der Waals surface area contributed by atoms with Crippen molar-refractivity contribution in [2.45, 2.75) is 64.8 Å². The number of carbonyl (C=O) groups excluding carboxylic acids is 3. The van der Waals surface area contributed by atoms with Gasteiger partial charge in [0, 0.05) is 12.0 Å². The molecule has 2 N–H and O–H groups in total. The highest BCUT2D eigenvalue weighted by Crippen LogP contribution is 2.35. The second-order valence-electron chi connectivity index (χ2n) is 7.17. The first-order valence-corrected chi connectivity index (χ1v) is 8.70. The fraction of sp³-hybridized carbons (Fsp3) is 0.647. The highest BCUT2D eigenvalue weighted by molar-refractivity contribution is 6.08. The molecule has 1 saturated heterocycles. The fourth-order valence-electron chi connectivity index (χ4n) is 3.59. The normalized spacial score (nSPS) is 26.2. The fourth-order valence-corrected chi connectivity index (χ4v) is 3.59. The molecule has 2 heterocycles. The van der Waals surface area contributed by atoms with Crippen LogP contribution in [0.5, 0.6) is 0 Å². The topological polar surface area (TPSA) is 105 Å². The maximum Gasteiger partial charge on any atom is 0.344 e. The number of hydrogen-bond acceptors (Lipinski definition) is 5. The SMILES string of the molecule is Cc1noc(C)c1CCC(=O)NN1C(=O)NC2(CCC(C)CC2)C1=O. The minimum absolute atomic E-state index is 0.143. The van der Waals surface area contributed by atoms with Gasteiger partial charge in [-0.2, -0.15) is 5.01 Å². The Labute approximate surface area is 146 Å². The van der Waals surface area contributed by atoms with Crippen LogP contribution < -0.4 is 10.7 Å². The first kappa shape index (κ1) is 17.4. The molecule has 4 amide bonds. The molecular formula is C17H24N4O4. The number of carbonyl (C=O) groups is 3. The Balaban J connectivity index is 1.60. The van der Waals surface area contributed by atoms with Crippen molar-refractivity contribution in [1.29, 1.82) is 0 Å². The van der Waals surface area contributed by atoms with Crippen LogP contribution in [-0.4, -0.2) is 33.5 Å². The van der Waals surface area contributed by atoms with Crippen molar-refractivity contribution in [3.63, 3.8) is 0 Å². The van der Waals surface area contributed by atoms with Crippen molar-refractivity contribution in [1.82, 2.24) is 20.9 Å². The summed E-state index contributed by atoms with van der Waals surface area (Å²) in [5.41, 5.74) is 3.22. The summed E-state index contributed by atoms with van der Waals surface area (Å²) in [6.45, 7) is 5.75. The van der Waals surface area contributed by atoms with Crippen LogP contribution in [0.3, 0.4) is 0 Å². The molecule has 0 aromatic carbocycles. The van der Waals surface area contributed by atoms with E-state index >= 15 is 0 Å². The highest BCUT2D eigenvalue weighted by atomic mass is 16.5. The number of hydrogen-bond donors (Lipinski definition) is 2. The number of aryl methyl sites for hydroxylation is 2. The molecule has 8 nitrogen and oxygen atoms in total. The monoisotopic (exact) mass is 348 g/mol. The van der Waals surface area contributed by atoms with Gasteiger partial charge < -0.3 is 9.84 Å². The van der Waals surface area contributed by atoms with Crippen LogP contribution in [0.25, 0.3) is 0 Å². The Morgan fingerprint density at radius 3 is 2.64 bits per heavy atom. The van der Waals surface area contributed by atoms with E-state index in [0.29, 0.717) is 30.9 Å². The van der Waals surface area contributed by atoms with Crippen LogP contribution in [0.2, 0.25) is 0 Å². The maximum atomic E-state index is 12.7. The molecule has 0 radical (unpaired) electrons. The van der Waals surface area contributed by atoms with E-state index in [1.165, 1.54) is 0 Å². The molecular weight excluding hydrogens is 324 g/mol. The zero-order valence-electron chi connectivity index (χ0n) is 14.8. The smallest absolute Gasteiger partial charge is 0.344 e. The van der Waals surface area contributed by atoms with Crippen molar-refractivity contribution < 1.29 is 18.9 Å². The lowest BCUT2D eigenvalue weighted by Crippen LogP contribution is -2.51. The summed E-state index contributed by atoms with van der Waals surface area (Å²) >= 11 is 0. The number of nitrogens with zero attached hydrogens (tertiary/aromatic N) is 2. The second kappa shape index (κ2) is 6.50. The van der Waals surface area contributed by atoms with Crippen molar-refractivity contribution in [2.24, 2.45) is 5.92 Å². The number of urea groups is 1. The Bertz CT molecular complexity index is 684. The van der Waals surface area contributed by atoms with Gasteiger partial charge in [0.05, 0.1) is 5.69 Å². The number of imide groups is 1. The third kappa shape index (κ3) is 3.25. The van der Waals surface area contributed by atoms with E-state index in [1.54, 1.807) is 6.92 Å². The molecule has 0 unspecified atom stereocenters. The van der Waals surface area contributed by atoms with Gasteiger partial charge in [-0.1, -0.05) is 12.1 Å². The first-order valence-electron chi connectivity index (χ1n) is 8.70. The molecule has 1 aromatic heterocycles. The molecule has 25 heavy (non-hydrogen) atoms. The van der Waals surface area contributed by atoms with Gasteiger partial charge in [0.1, 0.15) is 11.3 Å². The zero-order valence-corrected chi connectivity index (χ0v) is 14.8. The number of rotatable bonds is 4. The lowest BCUT2D eigenvalue weighted by atomic mass is 9.77. The Hall–Kier alpha value is -2.38. The van der Waals surface area contributed by atoms with Crippen molar-refractivity contribution >= 4 is 17.8 Å². The van der Waals surface area contributed by atoms with E-state index in [0.717, 1.165) is 29.1 Å². The minimum atomic E-state index is -0.849. The molecule has 2 aliphatic rings. The molecule has 3 rings (SSSR count). The summed E-state index contributed by atoms with van der Waals surface area (Å²) in [5, 5.41) is 7.47. The van der Waals surface area contributed by atoms with Crippen LogP contribution in [0.1, 0.15) is 56.0 Å². The number of amides is 4. The Morgan fingerprint density at radius 1 is 1.36 bits per heavy atom. The Morgan fingerprint density at radius 2 is 2.04 bits per heavy atom. The molecule has 1 aliphatic heterocycles. The van der Waals surface area contributed by atoms with E-state index in [4.69, 9.17) is 4.52 Å². The molecule has 2 fully saturated rings. The molecule has 8 heteroatoms. The summed E-state index contributed by atoms with van der Waals surface area (Å²) in [4.78, 5) is 37.0. The van der Waals surface area contributed by atoms with Gasteiger partial charge in [0.25, 0.3) is 5.91 Å². The van der Waals surface area contributed by atoms with E-state index < -0.39 is 11.6 Å². The minimum Gasteiger partial charge on any atom is -0.361 e. The predicted octanol–water partition coefficient (Wildman–Crippen LogP) is 1.76. The Kier molecular flexibility index (Phi) is 4.53. The molecule has 1 aliphatic carbocycles. The van der Waals surface area contributed by atoms with Crippen molar-refractivity contribution in [2.75, 3.05) is 0 Å². The summed E-state index contributed by atoms with van der Waals surface area (Å²) < 4.78 is 5.07. The van der Waals surface area contributed by atoms with Crippen LogP contribution in [0.15, 0.2) is 4.52 Å². The summed E-state index contributed by atoms with van der Waals surface area (Å²) in [7, 11) is 0. The van der Waals surface area contributed by atoms with Gasteiger partial charge in [-0.25, -0.2) is 4.79 Å². The van der Waals surface area contributed by atoms with Gasteiger partial charge in [-0.15, -0.1) is 0 Å². The summed E-state index contributed by atoms with van der Waals surface area (Å²) in [6.07, 6.45) is 3.59. The zero-order chi connectivity index (χ0) is 18.2. The first-order chi connectivity index (χ1) is 11.8. The van der Waals surface area contributed by atoms with Gasteiger partial charge in [-0.05, 0) is 51.9 Å². The van der Waals surface area contributed by atoms with Gasteiger partial charge in [0.2, 0.25) is 5.91 Å². The van der Waals surface area contributed by atoms with Crippen LogP contribution in [0.4, 0.5) is 4.79 Å². The van der Waals surface area contributed by atoms with Crippen LogP contribution >= 0.6 is 0 Å². The largest absolute Gasteiger partial charge is 0.361 e. The molecule has 0 atom stereocenters. The molecule has 1 saturated carbocycles. The van der Waals surface area contributed by atoms with E-state index in [2.05, 4.69) is 22.8 Å². The average Bonchev–Trinajstić information content (AvgIpc) is 3.01. The third-order valence-corrected chi connectivity index (χ3v) is 5.31.